The monoisotopic (exact) mass is 240 g/mol. The molecule has 0 N–H and O–H groups in total. The van der Waals surface area contributed by atoms with Crippen molar-refractivity contribution in [2.45, 2.75) is 6.92 Å². The number of ether oxygens (including phenoxy) is 1. The number of hydrogen-bond acceptors (Lipinski definition) is 3. The van der Waals surface area contributed by atoms with Gasteiger partial charge in [-0.05, 0) is 24.4 Å². The van der Waals surface area contributed by atoms with E-state index < -0.39 is 0 Å². The largest absolute Gasteiger partial charge is 0.462 e. The zero-order valence-electron chi connectivity index (χ0n) is 9.96. The molecule has 4 nitrogen and oxygen atoms in total. The third kappa shape index (κ3) is 1.54. The molecule has 0 radical (unpaired) electrons. The lowest BCUT2D eigenvalue weighted by molar-refractivity contribution is 0.0528. The van der Waals surface area contributed by atoms with Gasteiger partial charge < -0.3 is 4.74 Å². The fraction of sp³-hybridized carbons (Fsp3) is 0.143. The minimum atomic E-state index is -0.334. The fourth-order valence-electron chi connectivity index (χ4n) is 2.11. The average molecular weight is 240 g/mol. The Morgan fingerprint density at radius 2 is 2.22 bits per heavy atom. The number of benzene rings is 1. The number of esters is 1. The van der Waals surface area contributed by atoms with Gasteiger partial charge in [0.05, 0.1) is 12.1 Å². The predicted molar refractivity (Wildman–Crippen MR) is 68.7 cm³/mol. The minimum Gasteiger partial charge on any atom is -0.462 e. The van der Waals surface area contributed by atoms with Gasteiger partial charge in [0.1, 0.15) is 5.56 Å². The summed E-state index contributed by atoms with van der Waals surface area (Å²) in [6.45, 7) is 2.15. The highest BCUT2D eigenvalue weighted by molar-refractivity contribution is 6.00. The van der Waals surface area contributed by atoms with E-state index in [1.807, 2.05) is 40.9 Å². The van der Waals surface area contributed by atoms with Gasteiger partial charge in [-0.25, -0.2) is 9.78 Å². The lowest BCUT2D eigenvalue weighted by Gasteiger charge is -2.07. The molecule has 0 atom stereocenters. The molecule has 0 aliphatic carbocycles. The lowest BCUT2D eigenvalue weighted by Crippen LogP contribution is -2.07. The van der Waals surface area contributed by atoms with Gasteiger partial charge in [-0.2, -0.15) is 0 Å². The summed E-state index contributed by atoms with van der Waals surface area (Å²) >= 11 is 0. The Hall–Kier alpha value is -2.36. The van der Waals surface area contributed by atoms with Crippen LogP contribution in [0.15, 0.2) is 42.7 Å². The number of nitrogens with zero attached hydrogens (tertiary/aromatic N) is 2. The van der Waals surface area contributed by atoms with Gasteiger partial charge in [0.25, 0.3) is 0 Å². The molecule has 2 heterocycles. The molecule has 0 aliphatic heterocycles. The molecule has 3 rings (SSSR count). The second-order valence-corrected chi connectivity index (χ2v) is 3.96. The number of carbonyl (C=O) groups is 1. The van der Waals surface area contributed by atoms with Crippen LogP contribution in [0, 0.1) is 0 Å². The lowest BCUT2D eigenvalue weighted by atomic mass is 10.1. The molecular weight excluding hydrogens is 228 g/mol. The first kappa shape index (κ1) is 10.8. The number of fused-ring (bicyclic) bond motifs is 3. The van der Waals surface area contributed by atoms with Crippen LogP contribution >= 0.6 is 0 Å². The molecule has 0 amide bonds. The molecule has 90 valence electrons. The van der Waals surface area contributed by atoms with Gasteiger partial charge in [0.15, 0.2) is 5.65 Å². The van der Waals surface area contributed by atoms with E-state index in [0.29, 0.717) is 17.8 Å². The number of rotatable bonds is 2. The van der Waals surface area contributed by atoms with Crippen molar-refractivity contribution in [3.63, 3.8) is 0 Å². The SMILES string of the molecule is CCOC(=O)c1cc2ccccc2n2ccnc12. The van der Waals surface area contributed by atoms with Crippen LogP contribution in [0.1, 0.15) is 17.3 Å². The first-order valence-corrected chi connectivity index (χ1v) is 5.83. The molecule has 0 unspecified atom stereocenters. The topological polar surface area (TPSA) is 43.6 Å². The summed E-state index contributed by atoms with van der Waals surface area (Å²) in [4.78, 5) is 16.2. The third-order valence-corrected chi connectivity index (χ3v) is 2.87. The van der Waals surface area contributed by atoms with Crippen LogP contribution in [-0.4, -0.2) is 22.0 Å². The van der Waals surface area contributed by atoms with E-state index in [4.69, 9.17) is 4.74 Å². The van der Waals surface area contributed by atoms with Crippen LogP contribution in [0.4, 0.5) is 0 Å². The molecule has 2 aromatic heterocycles. The molecule has 4 heteroatoms. The van der Waals surface area contributed by atoms with Gasteiger partial charge in [-0.15, -0.1) is 0 Å². The van der Waals surface area contributed by atoms with Gasteiger partial charge in [0.2, 0.25) is 0 Å². The molecule has 1 aromatic carbocycles. The predicted octanol–water partition coefficient (Wildman–Crippen LogP) is 2.66. The maximum atomic E-state index is 11.9. The Kier molecular flexibility index (Phi) is 2.48. The number of hydrogen-bond donors (Lipinski definition) is 0. The van der Waals surface area contributed by atoms with E-state index in [-0.39, 0.29) is 5.97 Å². The summed E-state index contributed by atoms with van der Waals surface area (Å²) in [5, 5.41) is 0.992. The second-order valence-electron chi connectivity index (χ2n) is 3.96. The number of imidazole rings is 1. The van der Waals surface area contributed by atoms with Crippen LogP contribution < -0.4 is 0 Å². The Morgan fingerprint density at radius 3 is 3.06 bits per heavy atom. The third-order valence-electron chi connectivity index (χ3n) is 2.87. The van der Waals surface area contributed by atoms with Crippen molar-refractivity contribution in [1.82, 2.24) is 9.38 Å². The molecule has 3 aromatic rings. The van der Waals surface area contributed by atoms with Crippen molar-refractivity contribution in [3.05, 3.63) is 48.3 Å². The van der Waals surface area contributed by atoms with E-state index >= 15 is 0 Å². The standard InChI is InChI=1S/C14H12N2O2/c1-2-18-14(17)11-9-10-5-3-4-6-12(10)16-8-7-15-13(11)16/h3-9H,2H2,1H3. The van der Waals surface area contributed by atoms with Crippen LogP contribution in [0.2, 0.25) is 0 Å². The Balaban J connectivity index is 2.35. The van der Waals surface area contributed by atoms with Crippen LogP contribution in [0.5, 0.6) is 0 Å². The molecule has 0 spiro atoms. The highest BCUT2D eigenvalue weighted by Crippen LogP contribution is 2.20. The minimum absolute atomic E-state index is 0.334. The molecule has 0 saturated carbocycles. The van der Waals surface area contributed by atoms with Crippen molar-refractivity contribution < 1.29 is 9.53 Å². The molecule has 0 saturated heterocycles. The zero-order valence-corrected chi connectivity index (χ0v) is 9.96. The number of para-hydroxylation sites is 1. The summed E-state index contributed by atoms with van der Waals surface area (Å²) in [6.07, 6.45) is 3.53. The highest BCUT2D eigenvalue weighted by atomic mass is 16.5. The van der Waals surface area contributed by atoms with E-state index in [0.717, 1.165) is 10.9 Å². The van der Waals surface area contributed by atoms with E-state index in [9.17, 15) is 4.79 Å². The number of aromatic nitrogens is 2. The fourth-order valence-corrected chi connectivity index (χ4v) is 2.11. The molecule has 18 heavy (non-hydrogen) atoms. The van der Waals surface area contributed by atoms with Gasteiger partial charge in [-0.3, -0.25) is 4.40 Å². The quantitative estimate of drug-likeness (QED) is 0.647. The zero-order chi connectivity index (χ0) is 12.5. The van der Waals surface area contributed by atoms with Crippen molar-refractivity contribution in [2.24, 2.45) is 0 Å². The first-order valence-electron chi connectivity index (χ1n) is 5.83. The number of pyridine rings is 1. The van der Waals surface area contributed by atoms with Crippen molar-refractivity contribution in [2.75, 3.05) is 6.61 Å². The second kappa shape index (κ2) is 4.14. The molecule has 0 fully saturated rings. The Morgan fingerprint density at radius 1 is 1.39 bits per heavy atom. The van der Waals surface area contributed by atoms with E-state index in [2.05, 4.69) is 4.98 Å². The molecule has 0 bridgehead atoms. The highest BCUT2D eigenvalue weighted by Gasteiger charge is 2.14. The molecule has 0 aliphatic rings. The number of carbonyl (C=O) groups excluding carboxylic acids is 1. The maximum absolute atomic E-state index is 11.9. The first-order chi connectivity index (χ1) is 8.81. The van der Waals surface area contributed by atoms with E-state index in [1.165, 1.54) is 0 Å². The van der Waals surface area contributed by atoms with Crippen LogP contribution in [0.3, 0.4) is 0 Å². The summed E-state index contributed by atoms with van der Waals surface area (Å²) in [7, 11) is 0. The van der Waals surface area contributed by atoms with Gasteiger partial charge >= 0.3 is 5.97 Å². The maximum Gasteiger partial charge on any atom is 0.341 e. The van der Waals surface area contributed by atoms with Crippen molar-refractivity contribution in [3.8, 4) is 0 Å². The van der Waals surface area contributed by atoms with E-state index in [1.54, 1.807) is 13.1 Å². The molecular formula is C14H12N2O2. The van der Waals surface area contributed by atoms with Crippen LogP contribution in [0.25, 0.3) is 16.6 Å². The van der Waals surface area contributed by atoms with Crippen molar-refractivity contribution in [1.29, 1.82) is 0 Å². The average Bonchev–Trinajstić information content (AvgIpc) is 2.87. The van der Waals surface area contributed by atoms with Crippen molar-refractivity contribution >= 4 is 22.5 Å². The Labute approximate surface area is 104 Å². The summed E-state index contributed by atoms with van der Waals surface area (Å²) < 4.78 is 6.97. The summed E-state index contributed by atoms with van der Waals surface area (Å²) in [5.74, 6) is -0.334. The normalized spacial score (nSPS) is 10.9. The van der Waals surface area contributed by atoms with Crippen LogP contribution in [-0.2, 0) is 4.74 Å². The van der Waals surface area contributed by atoms with Gasteiger partial charge in [0, 0.05) is 12.4 Å². The van der Waals surface area contributed by atoms with Gasteiger partial charge in [-0.1, -0.05) is 18.2 Å². The summed E-state index contributed by atoms with van der Waals surface area (Å²) in [6, 6.07) is 9.71. The smallest absolute Gasteiger partial charge is 0.341 e. The summed E-state index contributed by atoms with van der Waals surface area (Å²) in [5.41, 5.74) is 2.16. The Bertz CT molecular complexity index is 731.